The zero-order chi connectivity index (χ0) is 15.2. The van der Waals surface area contributed by atoms with Crippen molar-refractivity contribution in [3.63, 3.8) is 0 Å². The molecule has 120 valence electrons. The van der Waals surface area contributed by atoms with E-state index in [9.17, 15) is 9.59 Å². The molecule has 2 rings (SSSR count). The number of nitrogens with one attached hydrogen (secondary N) is 1. The molecule has 0 saturated carbocycles. The number of urea groups is 1. The minimum Gasteiger partial charge on any atom is -0.381 e. The summed E-state index contributed by atoms with van der Waals surface area (Å²) in [6.07, 6.45) is 1.69. The summed E-state index contributed by atoms with van der Waals surface area (Å²) in [5.74, 6) is 2.24. The van der Waals surface area contributed by atoms with Crippen LogP contribution in [0.4, 0.5) is 4.79 Å². The Balaban J connectivity index is 2.00. The monoisotopic (exact) mass is 314 g/mol. The van der Waals surface area contributed by atoms with Crippen molar-refractivity contribution in [2.45, 2.75) is 32.7 Å². The van der Waals surface area contributed by atoms with Crippen LogP contribution >= 0.6 is 11.8 Å². The summed E-state index contributed by atoms with van der Waals surface area (Å²) in [6, 6.07) is -0.447. The van der Waals surface area contributed by atoms with Gasteiger partial charge >= 0.3 is 6.03 Å². The van der Waals surface area contributed by atoms with E-state index in [1.165, 1.54) is 0 Å². The maximum Gasteiger partial charge on any atom is 0.318 e. The summed E-state index contributed by atoms with van der Waals surface area (Å²) in [4.78, 5) is 26.7. The molecule has 2 saturated heterocycles. The molecule has 2 aliphatic heterocycles. The number of Topliss-reactive ketones (excluding diaryl/α,β-unsaturated/α-hetero) is 1. The first-order chi connectivity index (χ1) is 10.1. The van der Waals surface area contributed by atoms with Crippen LogP contribution in [0.25, 0.3) is 0 Å². The van der Waals surface area contributed by atoms with E-state index in [1.54, 1.807) is 0 Å². The molecule has 0 aromatic heterocycles. The van der Waals surface area contributed by atoms with E-state index in [0.717, 1.165) is 37.4 Å². The normalized spacial score (nSPS) is 22.1. The second-order valence-corrected chi connectivity index (χ2v) is 7.26. The minimum absolute atomic E-state index is 0.0601. The predicted molar refractivity (Wildman–Crippen MR) is 84.6 cm³/mol. The lowest BCUT2D eigenvalue weighted by Crippen LogP contribution is -2.54. The van der Waals surface area contributed by atoms with Crippen LogP contribution in [-0.2, 0) is 9.53 Å². The molecule has 0 spiro atoms. The minimum atomic E-state index is -0.365. The number of ketones is 1. The fraction of sp³-hybridized carbons (Fsp3) is 0.867. The molecule has 5 nitrogen and oxygen atoms in total. The van der Waals surface area contributed by atoms with E-state index in [1.807, 2.05) is 30.5 Å². The predicted octanol–water partition coefficient (Wildman–Crippen LogP) is 1.77. The molecule has 2 heterocycles. The van der Waals surface area contributed by atoms with Gasteiger partial charge in [-0.2, -0.15) is 11.8 Å². The second kappa shape index (κ2) is 8.03. The summed E-state index contributed by atoms with van der Waals surface area (Å²) in [6.45, 7) is 6.71. The van der Waals surface area contributed by atoms with Crippen molar-refractivity contribution >= 4 is 23.6 Å². The highest BCUT2D eigenvalue weighted by Crippen LogP contribution is 2.22. The molecule has 6 heteroatoms. The Morgan fingerprint density at radius 2 is 1.81 bits per heavy atom. The molecule has 21 heavy (non-hydrogen) atoms. The largest absolute Gasteiger partial charge is 0.381 e. The first-order valence-electron chi connectivity index (χ1n) is 7.84. The van der Waals surface area contributed by atoms with Crippen molar-refractivity contribution < 1.29 is 14.3 Å². The standard InChI is InChI=1S/C15H26N2O3S/c1-11(2)14(18)13(12-3-7-20-8-4-12)16-15(19)17-5-9-21-10-6-17/h11-13H,3-10H2,1-2H3,(H,16,19)/t13-/m0/s1. The summed E-state index contributed by atoms with van der Waals surface area (Å²) in [5.41, 5.74) is 0. The van der Waals surface area contributed by atoms with Crippen molar-refractivity contribution in [2.75, 3.05) is 37.8 Å². The number of carbonyl (C=O) groups is 2. The fourth-order valence-electron chi connectivity index (χ4n) is 2.82. The van der Waals surface area contributed by atoms with E-state index in [4.69, 9.17) is 4.74 Å². The van der Waals surface area contributed by atoms with Gasteiger partial charge in [-0.15, -0.1) is 0 Å². The maximum absolute atomic E-state index is 12.5. The molecule has 0 aliphatic carbocycles. The fourth-order valence-corrected chi connectivity index (χ4v) is 3.72. The maximum atomic E-state index is 12.5. The Hall–Kier alpha value is -0.750. The topological polar surface area (TPSA) is 58.6 Å². The second-order valence-electron chi connectivity index (χ2n) is 6.03. The third kappa shape index (κ3) is 4.61. The Kier molecular flexibility index (Phi) is 6.36. The van der Waals surface area contributed by atoms with Crippen LogP contribution in [0.15, 0.2) is 0 Å². The number of amides is 2. The van der Waals surface area contributed by atoms with Gasteiger partial charge in [-0.05, 0) is 18.8 Å². The SMILES string of the molecule is CC(C)C(=O)[C@@H](NC(=O)N1CCSCC1)C1CCOCC1. The van der Waals surface area contributed by atoms with E-state index >= 15 is 0 Å². The van der Waals surface area contributed by atoms with Crippen molar-refractivity contribution in [1.82, 2.24) is 10.2 Å². The summed E-state index contributed by atoms with van der Waals surface area (Å²) in [7, 11) is 0. The number of carbonyl (C=O) groups excluding carboxylic acids is 2. The summed E-state index contributed by atoms with van der Waals surface area (Å²) >= 11 is 1.87. The van der Waals surface area contributed by atoms with Crippen molar-refractivity contribution in [2.24, 2.45) is 11.8 Å². The van der Waals surface area contributed by atoms with Gasteiger partial charge in [-0.25, -0.2) is 4.79 Å². The Bertz CT molecular complexity index is 364. The van der Waals surface area contributed by atoms with Gasteiger partial charge in [0.2, 0.25) is 0 Å². The summed E-state index contributed by atoms with van der Waals surface area (Å²) < 4.78 is 5.37. The number of hydrogen-bond donors (Lipinski definition) is 1. The van der Waals surface area contributed by atoms with Crippen LogP contribution < -0.4 is 5.32 Å². The average Bonchev–Trinajstić information content (AvgIpc) is 2.53. The lowest BCUT2D eigenvalue weighted by molar-refractivity contribution is -0.126. The molecule has 0 aromatic carbocycles. The van der Waals surface area contributed by atoms with E-state index in [0.29, 0.717) is 13.2 Å². The van der Waals surface area contributed by atoms with Gasteiger partial charge in [0.15, 0.2) is 5.78 Å². The first-order valence-corrected chi connectivity index (χ1v) is 8.99. The van der Waals surface area contributed by atoms with Crippen molar-refractivity contribution in [3.8, 4) is 0 Å². The molecule has 0 unspecified atom stereocenters. The van der Waals surface area contributed by atoms with Gasteiger partial charge in [-0.3, -0.25) is 4.79 Å². The summed E-state index contributed by atoms with van der Waals surface area (Å²) in [5, 5.41) is 3.01. The Labute approximate surface area is 131 Å². The molecule has 1 atom stereocenters. The number of rotatable bonds is 4. The molecule has 2 aliphatic rings. The van der Waals surface area contributed by atoms with Gasteiger partial charge in [0, 0.05) is 43.7 Å². The third-order valence-corrected chi connectivity index (χ3v) is 5.13. The quantitative estimate of drug-likeness (QED) is 0.859. The van der Waals surface area contributed by atoms with Crippen molar-refractivity contribution in [1.29, 1.82) is 0 Å². The molecule has 0 aromatic rings. The first kappa shape index (κ1) is 16.6. The van der Waals surface area contributed by atoms with Crippen LogP contribution in [0, 0.1) is 11.8 Å². The lowest BCUT2D eigenvalue weighted by Gasteiger charge is -2.34. The van der Waals surface area contributed by atoms with Gasteiger partial charge in [-0.1, -0.05) is 13.8 Å². The van der Waals surface area contributed by atoms with E-state index < -0.39 is 0 Å². The molecule has 2 fully saturated rings. The highest BCUT2D eigenvalue weighted by Gasteiger charge is 2.33. The Morgan fingerprint density at radius 1 is 1.19 bits per heavy atom. The zero-order valence-electron chi connectivity index (χ0n) is 13.0. The highest BCUT2D eigenvalue weighted by molar-refractivity contribution is 7.99. The van der Waals surface area contributed by atoms with Crippen molar-refractivity contribution in [3.05, 3.63) is 0 Å². The highest BCUT2D eigenvalue weighted by atomic mass is 32.2. The molecule has 2 amide bonds. The molecule has 0 radical (unpaired) electrons. The van der Waals surface area contributed by atoms with Gasteiger partial charge < -0.3 is 15.0 Å². The van der Waals surface area contributed by atoms with Gasteiger partial charge in [0.25, 0.3) is 0 Å². The van der Waals surface area contributed by atoms with Gasteiger partial charge in [0.1, 0.15) is 0 Å². The van der Waals surface area contributed by atoms with E-state index in [2.05, 4.69) is 5.32 Å². The number of thioether (sulfide) groups is 1. The van der Waals surface area contributed by atoms with Crippen LogP contribution in [-0.4, -0.2) is 60.6 Å². The lowest BCUT2D eigenvalue weighted by atomic mass is 9.85. The molecular formula is C15H26N2O3S. The average molecular weight is 314 g/mol. The van der Waals surface area contributed by atoms with Crippen LogP contribution in [0.3, 0.4) is 0 Å². The molecule has 0 bridgehead atoms. The smallest absolute Gasteiger partial charge is 0.318 e. The molecule has 1 N–H and O–H groups in total. The molecular weight excluding hydrogens is 288 g/mol. The number of ether oxygens (including phenoxy) is 1. The van der Waals surface area contributed by atoms with Crippen LogP contribution in [0.1, 0.15) is 26.7 Å². The van der Waals surface area contributed by atoms with E-state index in [-0.39, 0.29) is 29.7 Å². The third-order valence-electron chi connectivity index (χ3n) is 4.19. The zero-order valence-corrected chi connectivity index (χ0v) is 13.8. The van der Waals surface area contributed by atoms with Crippen LogP contribution in [0.2, 0.25) is 0 Å². The number of nitrogens with zero attached hydrogens (tertiary/aromatic N) is 1. The van der Waals surface area contributed by atoms with Crippen LogP contribution in [0.5, 0.6) is 0 Å². The van der Waals surface area contributed by atoms with Gasteiger partial charge in [0.05, 0.1) is 6.04 Å². The Morgan fingerprint density at radius 3 is 2.38 bits per heavy atom. The number of hydrogen-bond acceptors (Lipinski definition) is 4.